The zero-order valence-electron chi connectivity index (χ0n) is 10.3. The van der Waals surface area contributed by atoms with E-state index in [9.17, 15) is 8.42 Å². The summed E-state index contributed by atoms with van der Waals surface area (Å²) in [5, 5.41) is 0. The summed E-state index contributed by atoms with van der Waals surface area (Å²) in [6.45, 7) is 2.69. The van der Waals surface area contributed by atoms with Crippen molar-refractivity contribution in [2.24, 2.45) is 5.92 Å². The molecule has 0 heterocycles. The summed E-state index contributed by atoms with van der Waals surface area (Å²) in [7, 11) is -3.46. The first kappa shape index (κ1) is 13.2. The average molecular weight is 270 g/mol. The Morgan fingerprint density at radius 1 is 1.44 bits per heavy atom. The second kappa shape index (κ2) is 5.16. The van der Waals surface area contributed by atoms with Crippen LogP contribution in [0.1, 0.15) is 19.8 Å². The Labute approximate surface area is 107 Å². The normalized spacial score (nSPS) is 15.6. The van der Waals surface area contributed by atoms with Gasteiger partial charge in [-0.1, -0.05) is 6.92 Å². The number of hydrogen-bond acceptors (Lipinski definition) is 4. The van der Waals surface area contributed by atoms with Gasteiger partial charge in [0.25, 0.3) is 0 Å². The van der Waals surface area contributed by atoms with Gasteiger partial charge in [-0.3, -0.25) is 0 Å². The Hall–Kier alpha value is -1.27. The number of nitrogens with two attached hydrogens (primary N) is 1. The third-order valence-electron chi connectivity index (χ3n) is 2.80. The summed E-state index contributed by atoms with van der Waals surface area (Å²) in [6.07, 6.45) is 2.35. The second-order valence-electron chi connectivity index (χ2n) is 4.46. The summed E-state index contributed by atoms with van der Waals surface area (Å²) in [5.74, 6) is 1.04. The van der Waals surface area contributed by atoms with Gasteiger partial charge in [-0.05, 0) is 30.9 Å². The van der Waals surface area contributed by atoms with Gasteiger partial charge in [0.15, 0.2) is 0 Å². The molecule has 0 saturated heterocycles. The number of hydrogen-bond donors (Lipinski definition) is 2. The lowest BCUT2D eigenvalue weighted by atomic mass is 10.3. The predicted molar refractivity (Wildman–Crippen MR) is 69.9 cm³/mol. The van der Waals surface area contributed by atoms with E-state index in [2.05, 4.69) is 4.72 Å². The number of benzene rings is 1. The number of nitrogens with one attached hydrogen (secondary N) is 1. The molecule has 0 bridgehead atoms. The van der Waals surface area contributed by atoms with Crippen molar-refractivity contribution in [3.05, 3.63) is 18.2 Å². The molecule has 0 amide bonds. The van der Waals surface area contributed by atoms with Crippen LogP contribution in [0.15, 0.2) is 23.1 Å². The van der Waals surface area contributed by atoms with Crippen LogP contribution in [0.4, 0.5) is 5.69 Å². The molecule has 2 rings (SSSR count). The summed E-state index contributed by atoms with van der Waals surface area (Å²) in [4.78, 5) is 0.185. The molecule has 5 nitrogen and oxygen atoms in total. The van der Waals surface area contributed by atoms with Gasteiger partial charge in [0.1, 0.15) is 5.75 Å². The van der Waals surface area contributed by atoms with Gasteiger partial charge in [-0.15, -0.1) is 0 Å². The topological polar surface area (TPSA) is 81.4 Å². The molecule has 18 heavy (non-hydrogen) atoms. The summed E-state index contributed by atoms with van der Waals surface area (Å²) in [6, 6.07) is 4.53. The van der Waals surface area contributed by atoms with Crippen molar-refractivity contribution in [3.8, 4) is 5.75 Å². The molecule has 100 valence electrons. The van der Waals surface area contributed by atoms with E-state index in [0.717, 1.165) is 0 Å². The molecule has 1 aromatic carbocycles. The highest BCUT2D eigenvalue weighted by Crippen LogP contribution is 2.31. The van der Waals surface area contributed by atoms with Crippen molar-refractivity contribution in [1.82, 2.24) is 4.72 Å². The number of sulfonamides is 1. The first-order valence-corrected chi connectivity index (χ1v) is 7.53. The lowest BCUT2D eigenvalue weighted by Gasteiger charge is -2.11. The van der Waals surface area contributed by atoms with Crippen LogP contribution in [0.3, 0.4) is 0 Å². The molecular weight excluding hydrogens is 252 g/mol. The third-order valence-corrected chi connectivity index (χ3v) is 4.34. The fraction of sp³-hybridized carbons (Fsp3) is 0.500. The molecule has 1 fully saturated rings. The molecule has 0 unspecified atom stereocenters. The summed E-state index contributed by atoms with van der Waals surface area (Å²) < 4.78 is 31.7. The number of anilines is 1. The van der Waals surface area contributed by atoms with E-state index in [1.807, 2.05) is 0 Å². The van der Waals surface area contributed by atoms with E-state index in [0.29, 0.717) is 30.5 Å². The molecular formula is C12H18N2O3S. The zero-order valence-corrected chi connectivity index (χ0v) is 11.2. The molecule has 3 N–H and O–H groups in total. The van der Waals surface area contributed by atoms with Crippen LogP contribution in [0.2, 0.25) is 0 Å². The highest BCUT2D eigenvalue weighted by atomic mass is 32.2. The quantitative estimate of drug-likeness (QED) is 0.765. The Balaban J connectivity index is 2.19. The highest BCUT2D eigenvalue weighted by Gasteiger charge is 2.23. The molecule has 1 aliphatic carbocycles. The van der Waals surface area contributed by atoms with Crippen molar-refractivity contribution in [1.29, 1.82) is 0 Å². The van der Waals surface area contributed by atoms with Crippen LogP contribution >= 0.6 is 0 Å². The summed E-state index contributed by atoms with van der Waals surface area (Å²) in [5.41, 5.74) is 6.24. The maximum absolute atomic E-state index is 11.8. The average Bonchev–Trinajstić information content (AvgIpc) is 3.11. The fourth-order valence-corrected chi connectivity index (χ4v) is 2.63. The highest BCUT2D eigenvalue weighted by molar-refractivity contribution is 7.89. The van der Waals surface area contributed by atoms with Gasteiger partial charge in [-0.25, -0.2) is 13.1 Å². The molecule has 0 spiro atoms. The molecule has 0 aromatic heterocycles. The number of nitrogen functional groups attached to an aromatic ring is 1. The van der Waals surface area contributed by atoms with E-state index >= 15 is 0 Å². The van der Waals surface area contributed by atoms with Gasteiger partial charge in [-0.2, -0.15) is 0 Å². The third kappa shape index (κ3) is 3.14. The Kier molecular flexibility index (Phi) is 3.77. The van der Waals surface area contributed by atoms with Gasteiger partial charge in [0.05, 0.1) is 17.2 Å². The lowest BCUT2D eigenvalue weighted by molar-refractivity contribution is 0.300. The van der Waals surface area contributed by atoms with E-state index in [1.54, 1.807) is 13.0 Å². The van der Waals surface area contributed by atoms with Crippen LogP contribution in [0.25, 0.3) is 0 Å². The molecule has 1 aromatic rings. The van der Waals surface area contributed by atoms with Crippen LogP contribution in [0, 0.1) is 5.92 Å². The Morgan fingerprint density at radius 2 is 2.17 bits per heavy atom. The van der Waals surface area contributed by atoms with E-state index in [4.69, 9.17) is 10.5 Å². The van der Waals surface area contributed by atoms with Gasteiger partial charge in [0, 0.05) is 12.6 Å². The van der Waals surface area contributed by atoms with Crippen molar-refractivity contribution in [2.45, 2.75) is 24.7 Å². The molecule has 0 radical (unpaired) electrons. The minimum absolute atomic E-state index is 0.185. The summed E-state index contributed by atoms with van der Waals surface area (Å²) >= 11 is 0. The Bertz CT molecular complexity index is 524. The van der Waals surface area contributed by atoms with Crippen LogP contribution < -0.4 is 15.2 Å². The van der Waals surface area contributed by atoms with E-state index in [1.165, 1.54) is 25.0 Å². The molecule has 0 aliphatic heterocycles. The van der Waals surface area contributed by atoms with E-state index in [-0.39, 0.29) is 4.90 Å². The van der Waals surface area contributed by atoms with Crippen molar-refractivity contribution in [2.75, 3.05) is 18.9 Å². The monoisotopic (exact) mass is 270 g/mol. The molecule has 6 heteroatoms. The van der Waals surface area contributed by atoms with Gasteiger partial charge in [0.2, 0.25) is 10.0 Å². The fourth-order valence-electron chi connectivity index (χ4n) is 1.57. The second-order valence-corrected chi connectivity index (χ2v) is 6.22. The van der Waals surface area contributed by atoms with Gasteiger partial charge < -0.3 is 10.5 Å². The number of ether oxygens (including phenoxy) is 1. The van der Waals surface area contributed by atoms with Crippen LogP contribution in [0.5, 0.6) is 5.75 Å². The largest absolute Gasteiger partial charge is 0.491 e. The lowest BCUT2D eigenvalue weighted by Crippen LogP contribution is -2.23. The minimum Gasteiger partial charge on any atom is -0.491 e. The zero-order chi connectivity index (χ0) is 13.2. The van der Waals surface area contributed by atoms with Gasteiger partial charge >= 0.3 is 0 Å². The first-order valence-electron chi connectivity index (χ1n) is 6.05. The number of rotatable bonds is 6. The molecule has 1 aliphatic rings. The van der Waals surface area contributed by atoms with Crippen molar-refractivity contribution in [3.63, 3.8) is 0 Å². The van der Waals surface area contributed by atoms with E-state index < -0.39 is 10.0 Å². The predicted octanol–water partition coefficient (Wildman–Crippen LogP) is 1.36. The first-order chi connectivity index (χ1) is 8.53. The molecule has 1 saturated carbocycles. The van der Waals surface area contributed by atoms with Crippen LogP contribution in [-0.4, -0.2) is 21.6 Å². The van der Waals surface area contributed by atoms with Crippen molar-refractivity contribution < 1.29 is 13.2 Å². The maximum Gasteiger partial charge on any atom is 0.240 e. The standard InChI is InChI=1S/C12H18N2O3S/c1-2-14-18(15,16)10-5-6-11(13)12(7-10)17-8-9-3-4-9/h5-7,9,14H,2-4,8,13H2,1H3. The minimum atomic E-state index is -3.46. The smallest absolute Gasteiger partial charge is 0.240 e. The Morgan fingerprint density at radius 3 is 2.78 bits per heavy atom. The SMILES string of the molecule is CCNS(=O)(=O)c1ccc(N)c(OCC2CC2)c1. The van der Waals surface area contributed by atoms with Crippen LogP contribution in [-0.2, 0) is 10.0 Å². The maximum atomic E-state index is 11.8. The van der Waals surface area contributed by atoms with Crippen molar-refractivity contribution >= 4 is 15.7 Å². The molecule has 0 atom stereocenters.